The van der Waals surface area contributed by atoms with Gasteiger partial charge in [-0.3, -0.25) is 25.8 Å². The van der Waals surface area contributed by atoms with E-state index in [-0.39, 0.29) is 17.5 Å². The van der Waals surface area contributed by atoms with Crippen LogP contribution in [0.25, 0.3) is 0 Å². The summed E-state index contributed by atoms with van der Waals surface area (Å²) in [5, 5.41) is 2.29. The van der Waals surface area contributed by atoms with Gasteiger partial charge < -0.3 is 9.15 Å². The molecule has 2 rings (SSSR count). The number of halogens is 1. The quantitative estimate of drug-likeness (QED) is 0.514. The number of aryl methyl sites for hydroxylation is 1. The molecule has 0 bridgehead atoms. The highest BCUT2D eigenvalue weighted by Gasteiger charge is 2.12. The highest BCUT2D eigenvalue weighted by molar-refractivity contribution is 9.10. The Kier molecular flexibility index (Phi) is 6.54. The van der Waals surface area contributed by atoms with Crippen molar-refractivity contribution in [2.24, 2.45) is 0 Å². The third-order valence-corrected chi connectivity index (χ3v) is 3.88. The first kappa shape index (κ1) is 18.9. The lowest BCUT2D eigenvalue weighted by atomic mass is 10.1. The summed E-state index contributed by atoms with van der Waals surface area (Å²) in [5.41, 5.74) is 6.80. The van der Waals surface area contributed by atoms with Crippen LogP contribution < -0.4 is 20.9 Å². The van der Waals surface area contributed by atoms with Crippen LogP contribution in [0.3, 0.4) is 0 Å². The lowest BCUT2D eigenvalue weighted by Crippen LogP contribution is -2.49. The number of carbonyl (C=O) groups excluding carboxylic acids is 2. The van der Waals surface area contributed by atoms with Gasteiger partial charge in [-0.05, 0) is 71.3 Å². The predicted molar refractivity (Wildman–Crippen MR) is 99.2 cm³/mol. The monoisotopic (exact) mass is 425 g/mol. The van der Waals surface area contributed by atoms with Crippen molar-refractivity contribution < 1.29 is 18.7 Å². The van der Waals surface area contributed by atoms with E-state index in [1.165, 1.54) is 6.07 Å². The number of carbonyl (C=O) groups is 2. The first-order valence-electron chi connectivity index (χ1n) is 7.21. The van der Waals surface area contributed by atoms with Crippen molar-refractivity contribution in [3.05, 3.63) is 51.9 Å². The van der Waals surface area contributed by atoms with E-state index in [4.69, 9.17) is 21.4 Å². The topological polar surface area (TPSA) is 92.6 Å². The van der Waals surface area contributed by atoms with Crippen LogP contribution in [0, 0.1) is 13.8 Å². The number of hydrazine groups is 1. The summed E-state index contributed by atoms with van der Waals surface area (Å²) in [6.07, 6.45) is 0. The molecule has 25 heavy (non-hydrogen) atoms. The van der Waals surface area contributed by atoms with Gasteiger partial charge in [-0.25, -0.2) is 0 Å². The molecule has 1 aromatic carbocycles. The van der Waals surface area contributed by atoms with Crippen molar-refractivity contribution in [1.29, 1.82) is 0 Å². The predicted octanol–water partition coefficient (Wildman–Crippen LogP) is 2.37. The molecule has 132 valence electrons. The fraction of sp³-hybridized carbons (Fsp3) is 0.188. The fourth-order valence-electron chi connectivity index (χ4n) is 1.82. The maximum atomic E-state index is 11.8. The fourth-order valence-corrected chi connectivity index (χ4v) is 2.27. The van der Waals surface area contributed by atoms with Crippen LogP contribution in [-0.4, -0.2) is 23.5 Å². The van der Waals surface area contributed by atoms with Gasteiger partial charge in [-0.15, -0.1) is 0 Å². The molecule has 0 saturated heterocycles. The highest BCUT2D eigenvalue weighted by Crippen LogP contribution is 2.20. The molecule has 0 saturated carbocycles. The Bertz CT molecular complexity index is 806. The number of amides is 2. The molecule has 7 nitrogen and oxygen atoms in total. The summed E-state index contributed by atoms with van der Waals surface area (Å²) < 4.78 is 11.0. The Morgan fingerprint density at radius 1 is 1.20 bits per heavy atom. The zero-order valence-corrected chi connectivity index (χ0v) is 15.9. The third kappa shape index (κ3) is 5.57. The molecule has 2 aromatic rings. The number of thiocarbonyl (C=S) groups is 1. The lowest BCUT2D eigenvalue weighted by Gasteiger charge is -2.12. The van der Waals surface area contributed by atoms with E-state index >= 15 is 0 Å². The molecule has 1 heterocycles. The maximum absolute atomic E-state index is 11.8. The third-order valence-electron chi connectivity index (χ3n) is 3.25. The number of benzene rings is 1. The smallest absolute Gasteiger partial charge is 0.293 e. The van der Waals surface area contributed by atoms with Gasteiger partial charge in [0, 0.05) is 0 Å². The average molecular weight is 426 g/mol. The van der Waals surface area contributed by atoms with E-state index in [2.05, 4.69) is 32.1 Å². The summed E-state index contributed by atoms with van der Waals surface area (Å²) in [4.78, 5) is 23.6. The van der Waals surface area contributed by atoms with Crippen molar-refractivity contribution in [1.82, 2.24) is 16.2 Å². The largest absolute Gasteiger partial charge is 0.483 e. The molecule has 0 atom stereocenters. The van der Waals surface area contributed by atoms with Gasteiger partial charge in [-0.2, -0.15) is 0 Å². The molecule has 0 aliphatic heterocycles. The van der Waals surface area contributed by atoms with Crippen LogP contribution >= 0.6 is 28.1 Å². The number of hydrogen-bond donors (Lipinski definition) is 3. The van der Waals surface area contributed by atoms with Crippen LogP contribution in [-0.2, 0) is 4.79 Å². The van der Waals surface area contributed by atoms with Crippen molar-refractivity contribution in [3.8, 4) is 5.75 Å². The van der Waals surface area contributed by atoms with Gasteiger partial charge in [0.2, 0.25) is 0 Å². The normalized spacial score (nSPS) is 10.0. The highest BCUT2D eigenvalue weighted by atomic mass is 79.9. The van der Waals surface area contributed by atoms with Gasteiger partial charge >= 0.3 is 0 Å². The van der Waals surface area contributed by atoms with E-state index in [1.54, 1.807) is 12.1 Å². The molecule has 0 fully saturated rings. The van der Waals surface area contributed by atoms with Crippen LogP contribution in [0.5, 0.6) is 5.75 Å². The number of ether oxygens (including phenoxy) is 1. The van der Waals surface area contributed by atoms with Crippen molar-refractivity contribution in [3.63, 3.8) is 0 Å². The van der Waals surface area contributed by atoms with E-state index in [0.29, 0.717) is 10.4 Å². The van der Waals surface area contributed by atoms with Gasteiger partial charge in [0.05, 0.1) is 0 Å². The second-order valence-electron chi connectivity index (χ2n) is 5.05. The zero-order chi connectivity index (χ0) is 18.4. The minimum Gasteiger partial charge on any atom is -0.483 e. The Morgan fingerprint density at radius 3 is 2.64 bits per heavy atom. The van der Waals surface area contributed by atoms with E-state index in [9.17, 15) is 9.59 Å². The average Bonchev–Trinajstić information content (AvgIpc) is 3.01. The van der Waals surface area contributed by atoms with E-state index in [1.807, 2.05) is 26.0 Å². The van der Waals surface area contributed by atoms with Crippen molar-refractivity contribution >= 4 is 45.1 Å². The zero-order valence-electron chi connectivity index (χ0n) is 13.5. The van der Waals surface area contributed by atoms with E-state index < -0.39 is 11.8 Å². The van der Waals surface area contributed by atoms with Gasteiger partial charge in [0.1, 0.15) is 5.75 Å². The van der Waals surface area contributed by atoms with Crippen molar-refractivity contribution in [2.75, 3.05) is 6.61 Å². The molecule has 1 aromatic heterocycles. The molecule has 2 amide bonds. The molecule has 0 radical (unpaired) electrons. The molecule has 3 N–H and O–H groups in total. The summed E-state index contributed by atoms with van der Waals surface area (Å²) in [6, 6.07) is 8.67. The van der Waals surface area contributed by atoms with Crippen LogP contribution in [0.15, 0.2) is 39.4 Å². The molecule has 0 spiro atoms. The first-order valence-corrected chi connectivity index (χ1v) is 8.41. The van der Waals surface area contributed by atoms with Crippen LogP contribution in [0.4, 0.5) is 0 Å². The first-order chi connectivity index (χ1) is 11.9. The summed E-state index contributed by atoms with van der Waals surface area (Å²) >= 11 is 8.02. The Labute approximate surface area is 158 Å². The molecular weight excluding hydrogens is 410 g/mol. The SMILES string of the molecule is Cc1cccc(OCC(=O)NNC(=S)NC(=O)c2ccc(Br)o2)c1C. The standard InChI is InChI=1S/C16H16BrN3O4S/c1-9-4-3-5-11(10(9)2)23-8-14(21)19-20-16(25)18-15(22)12-6-7-13(17)24-12/h3-7H,8H2,1-2H3,(H,19,21)(H2,18,20,22,25). The summed E-state index contributed by atoms with van der Waals surface area (Å²) in [6.45, 7) is 3.68. The molecule has 0 aliphatic carbocycles. The summed E-state index contributed by atoms with van der Waals surface area (Å²) in [7, 11) is 0. The van der Waals surface area contributed by atoms with Crippen molar-refractivity contribution in [2.45, 2.75) is 13.8 Å². The lowest BCUT2D eigenvalue weighted by molar-refractivity contribution is -0.123. The van der Waals surface area contributed by atoms with Gasteiger partial charge in [0.25, 0.3) is 11.8 Å². The van der Waals surface area contributed by atoms with Gasteiger partial charge in [0.15, 0.2) is 22.1 Å². The minimum atomic E-state index is -0.538. The maximum Gasteiger partial charge on any atom is 0.293 e. The molecule has 0 aliphatic rings. The number of hydrogen-bond acceptors (Lipinski definition) is 5. The summed E-state index contributed by atoms with van der Waals surface area (Å²) in [5.74, 6) is -0.266. The Balaban J connectivity index is 1.75. The molecule has 0 unspecified atom stereocenters. The number of nitrogens with one attached hydrogen (secondary N) is 3. The Morgan fingerprint density at radius 2 is 1.96 bits per heavy atom. The van der Waals surface area contributed by atoms with E-state index in [0.717, 1.165) is 11.1 Å². The minimum absolute atomic E-state index is 0.0717. The van der Waals surface area contributed by atoms with Crippen LogP contribution in [0.2, 0.25) is 0 Å². The molecule has 9 heteroatoms. The Hall–Kier alpha value is -2.39. The number of furan rings is 1. The second-order valence-corrected chi connectivity index (χ2v) is 6.24. The second kappa shape index (κ2) is 8.63. The number of rotatable bonds is 4. The van der Waals surface area contributed by atoms with Crippen LogP contribution in [0.1, 0.15) is 21.7 Å². The van der Waals surface area contributed by atoms with Gasteiger partial charge in [-0.1, -0.05) is 12.1 Å². The molecular formula is C16H16BrN3O4S.